The van der Waals surface area contributed by atoms with Crippen LogP contribution in [0.5, 0.6) is 0 Å². The highest BCUT2D eigenvalue weighted by atomic mass is 35.5. The van der Waals surface area contributed by atoms with E-state index in [1.54, 1.807) is 18.2 Å². The van der Waals surface area contributed by atoms with Crippen LogP contribution in [0.25, 0.3) is 11.3 Å². The molecule has 0 saturated heterocycles. The zero-order valence-electron chi connectivity index (χ0n) is 13.7. The monoisotopic (exact) mass is 340 g/mol. The van der Waals surface area contributed by atoms with Crippen molar-refractivity contribution in [2.24, 2.45) is 0 Å². The van der Waals surface area contributed by atoms with Crippen molar-refractivity contribution in [3.05, 3.63) is 70.2 Å². The van der Waals surface area contributed by atoms with E-state index in [9.17, 15) is 4.79 Å². The number of hydrogen-bond acceptors (Lipinski definition) is 3. The molecule has 2 aromatic heterocycles. The van der Waals surface area contributed by atoms with Crippen LogP contribution in [0, 0.1) is 20.8 Å². The topological polar surface area (TPSA) is 55.1 Å². The molecule has 0 unspecified atom stereocenters. The lowest BCUT2D eigenvalue weighted by molar-refractivity contribution is 0.0997. The minimum absolute atomic E-state index is 0.226. The van der Waals surface area contributed by atoms with Gasteiger partial charge in [-0.15, -0.1) is 0 Å². The molecule has 1 N–H and O–H groups in total. The Hall–Kier alpha value is -2.59. The average molecular weight is 341 g/mol. The van der Waals surface area contributed by atoms with Gasteiger partial charge >= 0.3 is 0 Å². The highest BCUT2D eigenvalue weighted by molar-refractivity contribution is 6.33. The molecule has 5 heteroatoms. The molecule has 0 aliphatic carbocycles. The number of aromatic nitrogens is 1. The van der Waals surface area contributed by atoms with Crippen molar-refractivity contribution in [2.75, 3.05) is 5.32 Å². The number of rotatable bonds is 3. The molecule has 0 aliphatic rings. The quantitative estimate of drug-likeness (QED) is 0.715. The Morgan fingerprint density at radius 3 is 2.58 bits per heavy atom. The minimum atomic E-state index is -0.315. The van der Waals surface area contributed by atoms with Crippen LogP contribution in [-0.2, 0) is 0 Å². The summed E-state index contributed by atoms with van der Waals surface area (Å²) in [5, 5.41) is 3.45. The van der Waals surface area contributed by atoms with Crippen LogP contribution in [0.3, 0.4) is 0 Å². The Morgan fingerprint density at radius 1 is 1.12 bits per heavy atom. The summed E-state index contributed by atoms with van der Waals surface area (Å²) in [5.41, 5.74) is 4.12. The van der Waals surface area contributed by atoms with Gasteiger partial charge in [0.15, 0.2) is 5.76 Å². The maximum atomic E-state index is 12.5. The number of anilines is 1. The molecule has 1 aromatic carbocycles. The lowest BCUT2D eigenvalue weighted by Gasteiger charge is -2.11. The van der Waals surface area contributed by atoms with Crippen LogP contribution in [0.4, 0.5) is 5.69 Å². The summed E-state index contributed by atoms with van der Waals surface area (Å²) in [6.45, 7) is 5.73. The van der Waals surface area contributed by atoms with Gasteiger partial charge in [0.2, 0.25) is 0 Å². The molecule has 0 bridgehead atoms. The molecule has 2 heterocycles. The highest BCUT2D eigenvalue weighted by Gasteiger charge is 2.16. The number of hydrogen-bond donors (Lipinski definition) is 1. The molecule has 1 amide bonds. The molecular weight excluding hydrogens is 324 g/mol. The van der Waals surface area contributed by atoms with E-state index in [2.05, 4.69) is 10.3 Å². The van der Waals surface area contributed by atoms with E-state index < -0.39 is 0 Å². The molecule has 0 fully saturated rings. The number of pyridine rings is 1. The molecule has 24 heavy (non-hydrogen) atoms. The fraction of sp³-hybridized carbons (Fsp3) is 0.158. The minimum Gasteiger partial charge on any atom is -0.451 e. The van der Waals surface area contributed by atoms with Gasteiger partial charge in [-0.05, 0) is 56.7 Å². The van der Waals surface area contributed by atoms with Crippen LogP contribution in [0.15, 0.2) is 46.9 Å². The second-order valence-electron chi connectivity index (χ2n) is 5.64. The Morgan fingerprint density at radius 2 is 1.88 bits per heavy atom. The second kappa shape index (κ2) is 6.49. The fourth-order valence-corrected chi connectivity index (χ4v) is 2.88. The van der Waals surface area contributed by atoms with Crippen LogP contribution in [0.2, 0.25) is 5.02 Å². The number of nitrogens with zero attached hydrogens (tertiary/aromatic N) is 1. The van der Waals surface area contributed by atoms with E-state index in [1.807, 2.05) is 45.0 Å². The van der Waals surface area contributed by atoms with Gasteiger partial charge in [-0.1, -0.05) is 23.7 Å². The van der Waals surface area contributed by atoms with Crippen molar-refractivity contribution in [2.45, 2.75) is 20.8 Å². The van der Waals surface area contributed by atoms with E-state index in [0.29, 0.717) is 16.5 Å². The van der Waals surface area contributed by atoms with Crippen molar-refractivity contribution >= 4 is 23.2 Å². The van der Waals surface area contributed by atoms with Gasteiger partial charge in [-0.3, -0.25) is 9.78 Å². The maximum absolute atomic E-state index is 12.5. The summed E-state index contributed by atoms with van der Waals surface area (Å²) in [7, 11) is 0. The summed E-state index contributed by atoms with van der Waals surface area (Å²) >= 11 is 6.16. The SMILES string of the molecule is Cc1cc(C)c(NC(=O)c2ccc(-c3ccccc3Cl)o2)c(C)n1. The molecule has 0 atom stereocenters. The normalized spacial score (nSPS) is 10.7. The van der Waals surface area contributed by atoms with Gasteiger partial charge in [0.05, 0.1) is 16.4 Å². The first-order chi connectivity index (χ1) is 11.5. The van der Waals surface area contributed by atoms with Crippen molar-refractivity contribution in [1.29, 1.82) is 0 Å². The Labute approximate surface area is 145 Å². The van der Waals surface area contributed by atoms with Crippen molar-refractivity contribution in [1.82, 2.24) is 4.98 Å². The van der Waals surface area contributed by atoms with Crippen molar-refractivity contribution < 1.29 is 9.21 Å². The molecule has 0 saturated carbocycles. The van der Waals surface area contributed by atoms with E-state index in [-0.39, 0.29) is 11.7 Å². The smallest absolute Gasteiger partial charge is 0.291 e. The number of furan rings is 1. The molecule has 0 radical (unpaired) electrons. The second-order valence-corrected chi connectivity index (χ2v) is 6.05. The summed E-state index contributed by atoms with van der Waals surface area (Å²) in [6.07, 6.45) is 0. The van der Waals surface area contributed by atoms with Crippen molar-refractivity contribution in [3.8, 4) is 11.3 Å². The van der Waals surface area contributed by atoms with E-state index in [1.165, 1.54) is 0 Å². The largest absolute Gasteiger partial charge is 0.451 e. The Balaban J connectivity index is 1.86. The van der Waals surface area contributed by atoms with Crippen LogP contribution < -0.4 is 5.32 Å². The van der Waals surface area contributed by atoms with Crippen LogP contribution >= 0.6 is 11.6 Å². The molecule has 3 aromatic rings. The maximum Gasteiger partial charge on any atom is 0.291 e. The van der Waals surface area contributed by atoms with Crippen LogP contribution in [-0.4, -0.2) is 10.9 Å². The molecule has 3 rings (SSSR count). The first-order valence-electron chi connectivity index (χ1n) is 7.56. The molecular formula is C19H17ClN2O2. The van der Waals surface area contributed by atoms with E-state index in [0.717, 1.165) is 22.5 Å². The lowest BCUT2D eigenvalue weighted by atomic mass is 10.1. The van der Waals surface area contributed by atoms with Gasteiger partial charge in [0.1, 0.15) is 5.76 Å². The zero-order valence-corrected chi connectivity index (χ0v) is 14.4. The summed E-state index contributed by atoms with van der Waals surface area (Å²) < 4.78 is 5.67. The first kappa shape index (κ1) is 16.3. The third-order valence-corrected chi connectivity index (χ3v) is 4.06. The molecule has 0 spiro atoms. The van der Waals surface area contributed by atoms with Gasteiger partial charge in [-0.2, -0.15) is 0 Å². The third kappa shape index (κ3) is 3.19. The Bertz CT molecular complexity index is 892. The number of carbonyl (C=O) groups excluding carboxylic acids is 1. The van der Waals surface area contributed by atoms with E-state index in [4.69, 9.17) is 16.0 Å². The molecule has 4 nitrogen and oxygen atoms in total. The molecule has 0 aliphatic heterocycles. The fourth-order valence-electron chi connectivity index (χ4n) is 2.65. The predicted molar refractivity (Wildman–Crippen MR) is 95.6 cm³/mol. The number of halogens is 1. The summed E-state index contributed by atoms with van der Waals surface area (Å²) in [4.78, 5) is 16.9. The van der Waals surface area contributed by atoms with E-state index >= 15 is 0 Å². The highest BCUT2D eigenvalue weighted by Crippen LogP contribution is 2.29. The third-order valence-electron chi connectivity index (χ3n) is 3.73. The van der Waals surface area contributed by atoms with Gasteiger partial charge in [-0.25, -0.2) is 0 Å². The number of nitrogens with one attached hydrogen (secondary N) is 1. The number of benzene rings is 1. The van der Waals surface area contributed by atoms with Gasteiger partial charge in [0.25, 0.3) is 5.91 Å². The summed E-state index contributed by atoms with van der Waals surface area (Å²) in [6, 6.07) is 12.7. The molecule has 122 valence electrons. The standard InChI is InChI=1S/C19H17ClN2O2/c1-11-10-12(2)21-13(3)18(11)22-19(23)17-9-8-16(24-17)14-6-4-5-7-15(14)20/h4-10H,1-3H3,(H,22,23). The first-order valence-corrected chi connectivity index (χ1v) is 7.94. The average Bonchev–Trinajstić information content (AvgIpc) is 3.01. The number of carbonyl (C=O) groups is 1. The Kier molecular flexibility index (Phi) is 4.40. The number of amides is 1. The van der Waals surface area contributed by atoms with Crippen molar-refractivity contribution in [3.63, 3.8) is 0 Å². The predicted octanol–water partition coefficient (Wildman–Crippen LogP) is 5.17. The summed E-state index contributed by atoms with van der Waals surface area (Å²) in [5.74, 6) is 0.468. The van der Waals surface area contributed by atoms with Gasteiger partial charge < -0.3 is 9.73 Å². The van der Waals surface area contributed by atoms with Crippen LogP contribution in [0.1, 0.15) is 27.5 Å². The van der Waals surface area contributed by atoms with Gasteiger partial charge in [0, 0.05) is 11.3 Å². The zero-order chi connectivity index (χ0) is 17.3. The number of aryl methyl sites for hydroxylation is 3. The lowest BCUT2D eigenvalue weighted by Crippen LogP contribution is -2.13.